The van der Waals surface area contributed by atoms with Crippen LogP contribution in [0.25, 0.3) is 0 Å². The molecular formula is C25H24N2O5S. The van der Waals surface area contributed by atoms with Gasteiger partial charge in [0.1, 0.15) is 12.3 Å². The Morgan fingerprint density at radius 1 is 1.00 bits per heavy atom. The van der Waals surface area contributed by atoms with E-state index >= 15 is 0 Å². The van der Waals surface area contributed by atoms with Crippen molar-refractivity contribution in [3.05, 3.63) is 90.0 Å². The average Bonchev–Trinajstić information content (AvgIpc) is 2.84. The second kappa shape index (κ2) is 11.2. The molecule has 3 rings (SSSR count). The first-order chi connectivity index (χ1) is 15.9. The van der Waals surface area contributed by atoms with Crippen LogP contribution < -0.4 is 9.04 Å². The van der Waals surface area contributed by atoms with Crippen molar-refractivity contribution in [2.75, 3.05) is 24.1 Å². The largest absolute Gasteiger partial charge is 0.493 e. The van der Waals surface area contributed by atoms with Crippen LogP contribution in [0.5, 0.6) is 5.75 Å². The summed E-state index contributed by atoms with van der Waals surface area (Å²) >= 11 is 0. The number of hydrogen-bond donors (Lipinski definition) is 0. The predicted molar refractivity (Wildman–Crippen MR) is 124 cm³/mol. The van der Waals surface area contributed by atoms with Crippen LogP contribution >= 0.6 is 0 Å². The molecule has 0 bridgehead atoms. The van der Waals surface area contributed by atoms with Crippen LogP contribution in [0, 0.1) is 11.3 Å². The lowest BCUT2D eigenvalue weighted by molar-refractivity contribution is -0.141. The van der Waals surface area contributed by atoms with E-state index in [-0.39, 0.29) is 11.5 Å². The van der Waals surface area contributed by atoms with Crippen molar-refractivity contribution in [1.82, 2.24) is 0 Å². The molecule has 7 nitrogen and oxygen atoms in total. The Morgan fingerprint density at radius 3 is 2.39 bits per heavy atom. The van der Waals surface area contributed by atoms with E-state index in [1.54, 1.807) is 61.5 Å². The van der Waals surface area contributed by atoms with Gasteiger partial charge in [0, 0.05) is 12.5 Å². The van der Waals surface area contributed by atoms with Gasteiger partial charge in [0.25, 0.3) is 10.0 Å². The third-order valence-electron chi connectivity index (χ3n) is 4.76. The summed E-state index contributed by atoms with van der Waals surface area (Å²) in [4.78, 5) is 12.3. The highest BCUT2D eigenvalue weighted by molar-refractivity contribution is 7.92. The minimum Gasteiger partial charge on any atom is -0.493 e. The van der Waals surface area contributed by atoms with Gasteiger partial charge in [-0.2, -0.15) is 5.26 Å². The van der Waals surface area contributed by atoms with E-state index < -0.39 is 22.5 Å². The van der Waals surface area contributed by atoms with Gasteiger partial charge < -0.3 is 9.47 Å². The number of anilines is 1. The minimum atomic E-state index is -4.00. The van der Waals surface area contributed by atoms with E-state index in [2.05, 4.69) is 6.07 Å². The number of rotatable bonds is 10. The zero-order valence-corrected chi connectivity index (χ0v) is 19.0. The summed E-state index contributed by atoms with van der Waals surface area (Å²) in [6.45, 7) is 1.71. The predicted octanol–water partition coefficient (Wildman–Crippen LogP) is 3.94. The van der Waals surface area contributed by atoms with Gasteiger partial charge in [-0.25, -0.2) is 8.42 Å². The molecule has 0 aromatic heterocycles. The summed E-state index contributed by atoms with van der Waals surface area (Å²) < 4.78 is 38.4. The van der Waals surface area contributed by atoms with Gasteiger partial charge in [0.05, 0.1) is 35.4 Å². The fourth-order valence-corrected chi connectivity index (χ4v) is 4.54. The number of carbonyl (C=O) groups excluding carboxylic acids is 1. The van der Waals surface area contributed by atoms with Crippen molar-refractivity contribution < 1.29 is 22.7 Å². The van der Waals surface area contributed by atoms with E-state index in [1.807, 2.05) is 12.1 Å². The van der Waals surface area contributed by atoms with Crippen molar-refractivity contribution in [3.63, 3.8) is 0 Å². The molecule has 0 aliphatic rings. The van der Waals surface area contributed by atoms with Gasteiger partial charge in [-0.3, -0.25) is 9.10 Å². The molecule has 0 saturated heterocycles. The molecule has 33 heavy (non-hydrogen) atoms. The summed E-state index contributed by atoms with van der Waals surface area (Å²) in [5.74, 6) is -0.178. The zero-order chi connectivity index (χ0) is 23.7. The second-order valence-electron chi connectivity index (χ2n) is 7.03. The monoisotopic (exact) mass is 464 g/mol. The molecule has 0 unspecified atom stereocenters. The number of benzene rings is 3. The number of sulfonamides is 1. The molecule has 0 spiro atoms. The van der Waals surface area contributed by atoms with Crippen LogP contribution in [0.1, 0.15) is 18.1 Å². The van der Waals surface area contributed by atoms with Crippen LogP contribution in [0.2, 0.25) is 0 Å². The SMILES string of the molecule is CCOC(=O)CN(c1cccc(OCCc2ccc(C#N)cc2)c1)S(=O)(=O)c1ccccc1. The molecule has 0 aliphatic heterocycles. The molecular weight excluding hydrogens is 440 g/mol. The fourth-order valence-electron chi connectivity index (χ4n) is 3.12. The summed E-state index contributed by atoms with van der Waals surface area (Å²) in [6.07, 6.45) is 0.616. The molecule has 0 atom stereocenters. The first-order valence-electron chi connectivity index (χ1n) is 10.4. The third-order valence-corrected chi connectivity index (χ3v) is 6.55. The average molecular weight is 465 g/mol. The van der Waals surface area contributed by atoms with Gasteiger partial charge in [-0.1, -0.05) is 36.4 Å². The maximum atomic E-state index is 13.3. The Kier molecular flexibility index (Phi) is 8.06. The van der Waals surface area contributed by atoms with Crippen LogP contribution in [0.4, 0.5) is 5.69 Å². The highest BCUT2D eigenvalue weighted by Gasteiger charge is 2.27. The first-order valence-corrected chi connectivity index (χ1v) is 11.8. The Labute approximate surface area is 193 Å². The lowest BCUT2D eigenvalue weighted by atomic mass is 10.1. The maximum Gasteiger partial charge on any atom is 0.326 e. The minimum absolute atomic E-state index is 0.0708. The summed E-state index contributed by atoms with van der Waals surface area (Å²) in [5, 5.41) is 8.89. The zero-order valence-electron chi connectivity index (χ0n) is 18.2. The van der Waals surface area contributed by atoms with Gasteiger partial charge in [0.15, 0.2) is 0 Å². The van der Waals surface area contributed by atoms with Crippen LogP contribution in [0.3, 0.4) is 0 Å². The molecule has 0 heterocycles. The first kappa shape index (κ1) is 23.8. The molecule has 0 saturated carbocycles. The normalized spacial score (nSPS) is 10.8. The molecule has 0 amide bonds. The Hall–Kier alpha value is -3.83. The fraction of sp³-hybridized carbons (Fsp3) is 0.200. The molecule has 0 fully saturated rings. The number of nitriles is 1. The quantitative estimate of drug-likeness (QED) is 0.422. The van der Waals surface area contributed by atoms with Crippen molar-refractivity contribution in [1.29, 1.82) is 5.26 Å². The summed E-state index contributed by atoms with van der Waals surface area (Å²) in [6, 6.07) is 23.8. The lowest BCUT2D eigenvalue weighted by Gasteiger charge is -2.24. The van der Waals surface area contributed by atoms with Crippen LogP contribution in [-0.4, -0.2) is 34.1 Å². The molecule has 170 valence electrons. The Balaban J connectivity index is 1.80. The van der Waals surface area contributed by atoms with Gasteiger partial charge in [-0.05, 0) is 48.9 Å². The third kappa shape index (κ3) is 6.34. The Bertz CT molecular complexity index is 1220. The van der Waals surface area contributed by atoms with E-state index in [0.29, 0.717) is 30.0 Å². The molecule has 0 aliphatic carbocycles. The highest BCUT2D eigenvalue weighted by atomic mass is 32.2. The number of ether oxygens (including phenoxy) is 2. The lowest BCUT2D eigenvalue weighted by Crippen LogP contribution is -2.36. The number of esters is 1. The maximum absolute atomic E-state index is 13.3. The molecule has 8 heteroatoms. The van der Waals surface area contributed by atoms with E-state index in [0.717, 1.165) is 9.87 Å². The van der Waals surface area contributed by atoms with Crippen molar-refractivity contribution in [2.45, 2.75) is 18.2 Å². The van der Waals surface area contributed by atoms with Crippen LogP contribution in [0.15, 0.2) is 83.8 Å². The van der Waals surface area contributed by atoms with E-state index in [9.17, 15) is 13.2 Å². The molecule has 3 aromatic rings. The summed E-state index contributed by atoms with van der Waals surface area (Å²) in [7, 11) is -4.00. The van der Waals surface area contributed by atoms with Gasteiger partial charge in [0.2, 0.25) is 0 Å². The van der Waals surface area contributed by atoms with E-state index in [4.69, 9.17) is 14.7 Å². The van der Waals surface area contributed by atoms with Crippen molar-refractivity contribution in [3.8, 4) is 11.8 Å². The van der Waals surface area contributed by atoms with Gasteiger partial charge in [-0.15, -0.1) is 0 Å². The topological polar surface area (TPSA) is 96.7 Å². The molecule has 3 aromatic carbocycles. The summed E-state index contributed by atoms with van der Waals surface area (Å²) in [5.41, 5.74) is 1.90. The standard InChI is InChI=1S/C25H24N2O5S/c1-2-31-25(28)19-27(33(29,30)24-9-4-3-5-10-24)22-7-6-8-23(17-22)32-16-15-20-11-13-21(18-26)14-12-20/h3-14,17H,2,15-16,19H2,1H3. The number of carbonyl (C=O) groups is 1. The molecule has 0 N–H and O–H groups in total. The van der Waals surface area contributed by atoms with Gasteiger partial charge >= 0.3 is 5.97 Å². The van der Waals surface area contributed by atoms with E-state index in [1.165, 1.54) is 12.1 Å². The highest BCUT2D eigenvalue weighted by Crippen LogP contribution is 2.27. The second-order valence-corrected chi connectivity index (χ2v) is 8.90. The number of nitrogens with zero attached hydrogens (tertiary/aromatic N) is 2. The van der Waals surface area contributed by atoms with Crippen LogP contribution in [-0.2, 0) is 26.0 Å². The number of hydrogen-bond acceptors (Lipinski definition) is 6. The van der Waals surface area contributed by atoms with Crippen molar-refractivity contribution >= 4 is 21.7 Å². The molecule has 0 radical (unpaired) electrons. The Morgan fingerprint density at radius 2 is 1.73 bits per heavy atom. The van der Waals surface area contributed by atoms with Crippen molar-refractivity contribution in [2.24, 2.45) is 0 Å². The smallest absolute Gasteiger partial charge is 0.326 e.